The monoisotopic (exact) mass is 392 g/mol. The summed E-state index contributed by atoms with van der Waals surface area (Å²) in [5, 5.41) is 8.57. The molecule has 1 heterocycles. The largest absolute Gasteiger partial charge is 0.573 e. The molecule has 0 bridgehead atoms. The molecule has 0 fully saturated rings. The van der Waals surface area contributed by atoms with Crippen molar-refractivity contribution in [1.29, 1.82) is 5.26 Å². The van der Waals surface area contributed by atoms with Gasteiger partial charge in [-0.1, -0.05) is 0 Å². The first-order chi connectivity index (χ1) is 6.85. The van der Waals surface area contributed by atoms with Gasteiger partial charge in [0.15, 0.2) is 5.75 Å². The fourth-order valence-electron chi connectivity index (χ4n) is 0.744. The van der Waals surface area contributed by atoms with Crippen molar-refractivity contribution in [3.63, 3.8) is 0 Å². The van der Waals surface area contributed by atoms with E-state index in [-0.39, 0.29) is 13.7 Å². The minimum atomic E-state index is -4.83. The van der Waals surface area contributed by atoms with Crippen LogP contribution in [0.5, 0.6) is 5.75 Å². The number of hydrogen-bond acceptors (Lipinski definition) is 3. The summed E-state index contributed by atoms with van der Waals surface area (Å²) in [7, 11) is 0. The van der Waals surface area contributed by atoms with Crippen molar-refractivity contribution >= 4 is 38.5 Å². The molecule has 1 aromatic rings. The Morgan fingerprint density at radius 1 is 1.53 bits per heavy atom. The Hall–Kier alpha value is -0.560. The first-order valence-electron chi connectivity index (χ1n) is 3.35. The molecule has 0 aromatic carbocycles. The van der Waals surface area contributed by atoms with E-state index in [1.165, 1.54) is 0 Å². The summed E-state index contributed by atoms with van der Waals surface area (Å²) >= 11 is 4.60. The van der Waals surface area contributed by atoms with Crippen LogP contribution in [0.15, 0.2) is 10.7 Å². The van der Waals surface area contributed by atoms with Crippen molar-refractivity contribution in [1.82, 2.24) is 4.98 Å². The van der Waals surface area contributed by atoms with E-state index in [9.17, 15) is 13.2 Å². The highest BCUT2D eigenvalue weighted by Crippen LogP contribution is 2.35. The lowest BCUT2D eigenvalue weighted by Gasteiger charge is -2.11. The number of aromatic nitrogens is 1. The average Bonchev–Trinajstić information content (AvgIpc) is 2.11. The molecular weight excluding hydrogens is 392 g/mol. The Morgan fingerprint density at radius 2 is 2.13 bits per heavy atom. The van der Waals surface area contributed by atoms with Crippen molar-refractivity contribution in [3.05, 3.63) is 19.9 Å². The fourth-order valence-corrected chi connectivity index (χ4v) is 1.52. The Balaban J connectivity index is 3.26. The van der Waals surface area contributed by atoms with Gasteiger partial charge in [0.25, 0.3) is 0 Å². The molecule has 8 heteroatoms. The van der Waals surface area contributed by atoms with Crippen molar-refractivity contribution in [2.75, 3.05) is 0 Å². The van der Waals surface area contributed by atoms with Crippen LogP contribution in [0.2, 0.25) is 0 Å². The maximum Gasteiger partial charge on any atom is 0.573 e. The molecule has 0 saturated carbocycles. The van der Waals surface area contributed by atoms with Crippen molar-refractivity contribution < 1.29 is 17.9 Å². The molecule has 0 atom stereocenters. The number of nitrogens with zero attached hydrogens (tertiary/aromatic N) is 2. The van der Waals surface area contributed by atoms with Gasteiger partial charge in [-0.3, -0.25) is 0 Å². The molecule has 1 rings (SSSR count). The molecule has 0 radical (unpaired) electrons. The minimum absolute atomic E-state index is 0.0134. The van der Waals surface area contributed by atoms with Gasteiger partial charge in [-0.05, 0) is 38.5 Å². The van der Waals surface area contributed by atoms with Crippen LogP contribution in [0, 0.1) is 15.0 Å². The van der Waals surface area contributed by atoms with Crippen LogP contribution < -0.4 is 4.74 Å². The predicted octanol–water partition coefficient (Wildman–Crippen LogP) is 3.22. The van der Waals surface area contributed by atoms with Gasteiger partial charge >= 0.3 is 6.36 Å². The van der Waals surface area contributed by atoms with Crippen LogP contribution in [-0.4, -0.2) is 11.3 Å². The highest BCUT2D eigenvalue weighted by Gasteiger charge is 2.33. The number of pyridine rings is 1. The first kappa shape index (κ1) is 12.5. The Labute approximate surface area is 105 Å². The Morgan fingerprint density at radius 3 is 2.60 bits per heavy atom. The second-order valence-electron chi connectivity index (χ2n) is 2.27. The van der Waals surface area contributed by atoms with E-state index < -0.39 is 12.1 Å². The predicted molar refractivity (Wildman–Crippen MR) is 56.1 cm³/mol. The normalized spacial score (nSPS) is 10.9. The lowest BCUT2D eigenvalue weighted by Crippen LogP contribution is -2.18. The molecule has 0 N–H and O–H groups in total. The Kier molecular flexibility index (Phi) is 3.77. The zero-order valence-corrected chi connectivity index (χ0v) is 10.5. The highest BCUT2D eigenvalue weighted by molar-refractivity contribution is 14.1. The quantitative estimate of drug-likeness (QED) is 0.544. The second-order valence-corrected chi connectivity index (χ2v) is 4.08. The first-order valence-corrected chi connectivity index (χ1v) is 5.22. The van der Waals surface area contributed by atoms with Crippen LogP contribution in [0.4, 0.5) is 13.2 Å². The van der Waals surface area contributed by atoms with E-state index in [1.807, 2.05) is 0 Å². The Bertz CT molecular complexity index is 429. The maximum atomic E-state index is 12.0. The maximum absolute atomic E-state index is 12.0. The van der Waals surface area contributed by atoms with Crippen LogP contribution in [0.3, 0.4) is 0 Å². The molecular formula is C7HBrF3IN2O. The topological polar surface area (TPSA) is 45.9 Å². The van der Waals surface area contributed by atoms with Crippen molar-refractivity contribution in [2.45, 2.75) is 6.36 Å². The summed E-state index contributed by atoms with van der Waals surface area (Å²) in [5.74, 6) is -0.565. The molecule has 0 aliphatic rings. The number of alkyl halides is 3. The van der Waals surface area contributed by atoms with Crippen molar-refractivity contribution in [3.8, 4) is 11.8 Å². The fraction of sp³-hybridized carbons (Fsp3) is 0.143. The molecule has 3 nitrogen and oxygen atoms in total. The van der Waals surface area contributed by atoms with E-state index in [2.05, 4.69) is 25.7 Å². The molecule has 1 aromatic heterocycles. The lowest BCUT2D eigenvalue weighted by molar-refractivity contribution is -0.275. The average molecular weight is 393 g/mol. The van der Waals surface area contributed by atoms with E-state index in [4.69, 9.17) is 5.26 Å². The van der Waals surface area contributed by atoms with Crippen LogP contribution >= 0.6 is 38.5 Å². The van der Waals surface area contributed by atoms with Gasteiger partial charge in [0.05, 0.1) is 4.47 Å². The number of ether oxygens (including phenoxy) is 1. The molecule has 0 saturated heterocycles. The second kappa shape index (κ2) is 4.52. The van der Waals surface area contributed by atoms with Gasteiger partial charge in [0, 0.05) is 6.20 Å². The van der Waals surface area contributed by atoms with Crippen LogP contribution in [0.1, 0.15) is 5.56 Å². The number of nitriles is 1. The zero-order chi connectivity index (χ0) is 11.6. The molecule has 0 aliphatic carbocycles. The molecule has 0 spiro atoms. The molecule has 0 unspecified atom stereocenters. The summed E-state index contributed by atoms with van der Waals surface area (Å²) in [4.78, 5) is 3.71. The summed E-state index contributed by atoms with van der Waals surface area (Å²) < 4.78 is 40.0. The van der Waals surface area contributed by atoms with Crippen molar-refractivity contribution in [2.24, 2.45) is 0 Å². The molecule has 0 aliphatic heterocycles. The van der Waals surface area contributed by atoms with E-state index >= 15 is 0 Å². The highest BCUT2D eigenvalue weighted by atomic mass is 127. The van der Waals surface area contributed by atoms with E-state index in [0.717, 1.165) is 6.20 Å². The van der Waals surface area contributed by atoms with E-state index in [1.54, 1.807) is 28.7 Å². The van der Waals surface area contributed by atoms with Gasteiger partial charge in [-0.25, -0.2) is 4.98 Å². The smallest absolute Gasteiger partial charge is 0.403 e. The third-order valence-electron chi connectivity index (χ3n) is 1.27. The number of rotatable bonds is 1. The van der Waals surface area contributed by atoms with E-state index in [0.29, 0.717) is 0 Å². The van der Waals surface area contributed by atoms with Gasteiger partial charge in [-0.15, -0.1) is 13.2 Å². The van der Waals surface area contributed by atoms with Gasteiger partial charge in [-0.2, -0.15) is 5.26 Å². The number of halogens is 5. The van der Waals surface area contributed by atoms with Gasteiger partial charge < -0.3 is 4.74 Å². The standard InChI is InChI=1S/C7HBrF3IN2O/c8-4-5(15-7(9,10)11)3(1-13)2-14-6(4)12/h2H. The molecule has 80 valence electrons. The third kappa shape index (κ3) is 3.20. The van der Waals surface area contributed by atoms with Crippen LogP contribution in [0.25, 0.3) is 0 Å². The van der Waals surface area contributed by atoms with Gasteiger partial charge in [0.2, 0.25) is 0 Å². The SMILES string of the molecule is N#Cc1cnc(I)c(Br)c1OC(F)(F)F. The lowest BCUT2D eigenvalue weighted by atomic mass is 10.3. The molecule has 15 heavy (non-hydrogen) atoms. The summed E-state index contributed by atoms with van der Waals surface area (Å²) in [5.41, 5.74) is -0.278. The van der Waals surface area contributed by atoms with Crippen LogP contribution in [-0.2, 0) is 0 Å². The molecule has 0 amide bonds. The summed E-state index contributed by atoms with van der Waals surface area (Å²) in [6, 6.07) is 1.57. The van der Waals surface area contributed by atoms with Gasteiger partial charge in [0.1, 0.15) is 15.3 Å². The summed E-state index contributed by atoms with van der Waals surface area (Å²) in [6.07, 6.45) is -3.81. The summed E-state index contributed by atoms with van der Waals surface area (Å²) in [6.45, 7) is 0. The number of hydrogen-bond donors (Lipinski definition) is 0. The third-order valence-corrected chi connectivity index (χ3v) is 3.57. The minimum Gasteiger partial charge on any atom is -0.403 e. The zero-order valence-electron chi connectivity index (χ0n) is 6.77.